The maximum absolute atomic E-state index is 12.3. The molecule has 0 aliphatic carbocycles. The van der Waals surface area contributed by atoms with Gasteiger partial charge in [0.1, 0.15) is 0 Å². The largest absolute Gasteiger partial charge is 0.324 e. The van der Waals surface area contributed by atoms with E-state index in [4.69, 9.17) is 0 Å². The van der Waals surface area contributed by atoms with Gasteiger partial charge in [-0.1, -0.05) is 73.3 Å². The van der Waals surface area contributed by atoms with Crippen LogP contribution in [0.5, 0.6) is 0 Å². The van der Waals surface area contributed by atoms with Crippen LogP contribution in [-0.2, 0) is 4.79 Å². The summed E-state index contributed by atoms with van der Waals surface area (Å²) in [6.07, 6.45) is 3.09. The molecule has 2 nitrogen and oxygen atoms in total. The molecule has 2 aromatic rings. The lowest BCUT2D eigenvalue weighted by Crippen LogP contribution is -2.34. The maximum atomic E-state index is 12.3. The molecular formula is C19H19NO. The predicted molar refractivity (Wildman–Crippen MR) is 86.8 cm³/mol. The molecule has 0 spiro atoms. The molecule has 0 fully saturated rings. The molecule has 0 saturated carbocycles. The second-order valence-corrected chi connectivity index (χ2v) is 4.71. The van der Waals surface area contributed by atoms with E-state index in [2.05, 4.69) is 13.2 Å². The lowest BCUT2D eigenvalue weighted by Gasteiger charge is -2.31. The van der Waals surface area contributed by atoms with Crippen LogP contribution < -0.4 is 0 Å². The summed E-state index contributed by atoms with van der Waals surface area (Å²) in [5.74, 6) is -0.104. The first-order valence-corrected chi connectivity index (χ1v) is 6.91. The van der Waals surface area contributed by atoms with Crippen molar-refractivity contribution in [1.29, 1.82) is 0 Å². The minimum atomic E-state index is -0.143. The number of amides is 1. The Balaban J connectivity index is 2.51. The summed E-state index contributed by atoms with van der Waals surface area (Å²) < 4.78 is 0. The number of nitrogens with zero attached hydrogens (tertiary/aromatic N) is 1. The summed E-state index contributed by atoms with van der Waals surface area (Å²) in [5.41, 5.74) is 2.14. The molecule has 0 unspecified atom stereocenters. The summed E-state index contributed by atoms with van der Waals surface area (Å²) in [7, 11) is 0. The van der Waals surface area contributed by atoms with Crippen LogP contribution in [0.4, 0.5) is 0 Å². The molecule has 0 aliphatic heterocycles. The van der Waals surface area contributed by atoms with E-state index in [-0.39, 0.29) is 11.9 Å². The molecule has 21 heavy (non-hydrogen) atoms. The highest BCUT2D eigenvalue weighted by atomic mass is 16.2. The van der Waals surface area contributed by atoms with Crippen molar-refractivity contribution in [1.82, 2.24) is 4.90 Å². The Morgan fingerprint density at radius 2 is 1.43 bits per heavy atom. The normalized spacial score (nSPS) is 10.1. The molecule has 0 radical (unpaired) electrons. The van der Waals surface area contributed by atoms with Crippen LogP contribution in [0.2, 0.25) is 0 Å². The van der Waals surface area contributed by atoms with Gasteiger partial charge < -0.3 is 4.90 Å². The summed E-state index contributed by atoms with van der Waals surface area (Å²) in [5, 5.41) is 0. The zero-order valence-electron chi connectivity index (χ0n) is 12.0. The topological polar surface area (TPSA) is 20.3 Å². The van der Waals surface area contributed by atoms with Crippen LogP contribution in [0.25, 0.3) is 0 Å². The monoisotopic (exact) mass is 277 g/mol. The van der Waals surface area contributed by atoms with Crippen molar-refractivity contribution in [2.45, 2.75) is 6.04 Å². The number of benzene rings is 2. The van der Waals surface area contributed by atoms with Gasteiger partial charge in [0.05, 0.1) is 6.04 Å². The Morgan fingerprint density at radius 3 is 1.81 bits per heavy atom. The summed E-state index contributed by atoms with van der Waals surface area (Å²) in [4.78, 5) is 14.0. The number of hydrogen-bond acceptors (Lipinski definition) is 1. The number of carbonyl (C=O) groups excluding carboxylic acids is 1. The van der Waals surface area contributed by atoms with Crippen molar-refractivity contribution in [3.8, 4) is 0 Å². The second kappa shape index (κ2) is 7.25. The molecule has 2 rings (SSSR count). The fraction of sp³-hybridized carbons (Fsp3) is 0.105. The lowest BCUT2D eigenvalue weighted by molar-refractivity contribution is -0.127. The van der Waals surface area contributed by atoms with Crippen molar-refractivity contribution in [3.63, 3.8) is 0 Å². The van der Waals surface area contributed by atoms with Crippen molar-refractivity contribution in [2.24, 2.45) is 0 Å². The van der Waals surface area contributed by atoms with Gasteiger partial charge in [-0.05, 0) is 17.2 Å². The molecule has 0 atom stereocenters. The number of carbonyl (C=O) groups is 1. The predicted octanol–water partition coefficient (Wildman–Crippen LogP) is 3.98. The van der Waals surface area contributed by atoms with E-state index in [0.717, 1.165) is 11.1 Å². The highest BCUT2D eigenvalue weighted by Crippen LogP contribution is 2.28. The van der Waals surface area contributed by atoms with Gasteiger partial charge in [-0.2, -0.15) is 0 Å². The Bertz CT molecular complexity index is 564. The molecule has 0 aromatic heterocycles. The van der Waals surface area contributed by atoms with E-state index in [9.17, 15) is 4.79 Å². The Labute approximate surface area is 126 Å². The van der Waals surface area contributed by atoms with E-state index in [0.29, 0.717) is 6.54 Å². The highest BCUT2D eigenvalue weighted by molar-refractivity contribution is 5.87. The smallest absolute Gasteiger partial charge is 0.247 e. The molecule has 0 aliphatic rings. The highest BCUT2D eigenvalue weighted by Gasteiger charge is 2.24. The zero-order chi connectivity index (χ0) is 15.1. The van der Waals surface area contributed by atoms with E-state index in [1.165, 1.54) is 6.08 Å². The Morgan fingerprint density at radius 1 is 0.952 bits per heavy atom. The first-order valence-electron chi connectivity index (χ1n) is 6.91. The van der Waals surface area contributed by atoms with Crippen LogP contribution in [-0.4, -0.2) is 17.4 Å². The van der Waals surface area contributed by atoms with Crippen LogP contribution in [0.3, 0.4) is 0 Å². The molecular weight excluding hydrogens is 258 g/mol. The van der Waals surface area contributed by atoms with Gasteiger partial charge in [0.25, 0.3) is 0 Å². The maximum Gasteiger partial charge on any atom is 0.247 e. The average molecular weight is 277 g/mol. The molecule has 0 bridgehead atoms. The fourth-order valence-corrected chi connectivity index (χ4v) is 2.40. The van der Waals surface area contributed by atoms with Crippen molar-refractivity contribution >= 4 is 5.91 Å². The van der Waals surface area contributed by atoms with Crippen LogP contribution >= 0.6 is 0 Å². The lowest BCUT2D eigenvalue weighted by atomic mass is 9.97. The summed E-state index contributed by atoms with van der Waals surface area (Å²) in [6, 6.07) is 19.9. The molecule has 0 saturated heterocycles. The third kappa shape index (κ3) is 3.48. The fourth-order valence-electron chi connectivity index (χ4n) is 2.40. The van der Waals surface area contributed by atoms with Gasteiger partial charge in [0.15, 0.2) is 0 Å². The van der Waals surface area contributed by atoms with Crippen molar-refractivity contribution in [2.75, 3.05) is 6.54 Å². The molecule has 2 heteroatoms. The minimum Gasteiger partial charge on any atom is -0.324 e. The molecule has 106 valence electrons. The van der Waals surface area contributed by atoms with Gasteiger partial charge in [0.2, 0.25) is 5.91 Å². The number of rotatable bonds is 6. The first-order chi connectivity index (χ1) is 10.3. The number of hydrogen-bond donors (Lipinski definition) is 0. The third-order valence-corrected chi connectivity index (χ3v) is 3.33. The van der Waals surface area contributed by atoms with Gasteiger partial charge in [-0.15, -0.1) is 6.58 Å². The summed E-state index contributed by atoms with van der Waals surface area (Å²) >= 11 is 0. The van der Waals surface area contributed by atoms with Crippen LogP contribution in [0.1, 0.15) is 17.2 Å². The first kappa shape index (κ1) is 14.8. The van der Waals surface area contributed by atoms with E-state index < -0.39 is 0 Å². The molecule has 1 amide bonds. The van der Waals surface area contributed by atoms with Gasteiger partial charge in [-0.3, -0.25) is 4.79 Å². The van der Waals surface area contributed by atoms with E-state index >= 15 is 0 Å². The molecule has 2 aromatic carbocycles. The third-order valence-electron chi connectivity index (χ3n) is 3.33. The second-order valence-electron chi connectivity index (χ2n) is 4.71. The van der Waals surface area contributed by atoms with Crippen LogP contribution in [0.15, 0.2) is 86.0 Å². The van der Waals surface area contributed by atoms with Crippen molar-refractivity contribution in [3.05, 3.63) is 97.1 Å². The Hall–Kier alpha value is -2.61. The minimum absolute atomic E-state index is 0.104. The van der Waals surface area contributed by atoms with E-state index in [1.54, 1.807) is 11.0 Å². The van der Waals surface area contributed by atoms with Gasteiger partial charge in [-0.25, -0.2) is 0 Å². The van der Waals surface area contributed by atoms with Crippen molar-refractivity contribution < 1.29 is 4.79 Å². The zero-order valence-corrected chi connectivity index (χ0v) is 12.0. The molecule has 0 N–H and O–H groups in total. The molecule has 0 heterocycles. The standard InChI is InChI=1S/C19H19NO/c1-3-15-20(18(21)4-2)19(16-11-7-5-8-12-16)17-13-9-6-10-14-17/h3-14,19H,1-2,15H2. The summed E-state index contributed by atoms with van der Waals surface area (Å²) in [6.45, 7) is 7.84. The average Bonchev–Trinajstić information content (AvgIpc) is 2.55. The van der Waals surface area contributed by atoms with Gasteiger partial charge in [0, 0.05) is 6.54 Å². The van der Waals surface area contributed by atoms with Crippen LogP contribution in [0, 0.1) is 0 Å². The van der Waals surface area contributed by atoms with E-state index in [1.807, 2.05) is 60.7 Å². The Kier molecular flexibility index (Phi) is 5.10. The quantitative estimate of drug-likeness (QED) is 0.578. The van der Waals surface area contributed by atoms with Gasteiger partial charge >= 0.3 is 0 Å². The SMILES string of the molecule is C=CCN(C(=O)C=C)C(c1ccccc1)c1ccccc1.